The molecule has 0 N–H and O–H groups in total. The van der Waals surface area contributed by atoms with Crippen LogP contribution >= 0.6 is 0 Å². The van der Waals surface area contributed by atoms with Gasteiger partial charge in [-0.05, 0) is 44.6 Å². The van der Waals surface area contributed by atoms with E-state index in [1.807, 2.05) is 65.8 Å². The molecule has 0 aliphatic carbocycles. The second-order valence-electron chi connectivity index (χ2n) is 7.54. The topological polar surface area (TPSA) is 44.8 Å². The van der Waals surface area contributed by atoms with Gasteiger partial charge in [0, 0.05) is 0 Å². The molecule has 126 valence electrons. The van der Waals surface area contributed by atoms with Gasteiger partial charge in [-0.2, -0.15) is 0 Å². The second-order valence-corrected chi connectivity index (χ2v) is 7.54. The van der Waals surface area contributed by atoms with E-state index in [9.17, 15) is 4.79 Å². The number of ether oxygens (including phenoxy) is 1. The average molecular weight is 318 g/mol. The Kier molecular flexibility index (Phi) is 5.22. The zero-order valence-corrected chi connectivity index (χ0v) is 15.0. The van der Waals surface area contributed by atoms with Gasteiger partial charge >= 0.3 is 13.1 Å². The lowest BCUT2D eigenvalue weighted by molar-refractivity contribution is -0.143. The van der Waals surface area contributed by atoms with Crippen molar-refractivity contribution in [3.63, 3.8) is 0 Å². The maximum Gasteiger partial charge on any atom is 0.495 e. The fourth-order valence-corrected chi connectivity index (χ4v) is 2.36. The minimum absolute atomic E-state index is 0.220. The van der Waals surface area contributed by atoms with Crippen molar-refractivity contribution < 1.29 is 18.8 Å². The highest BCUT2D eigenvalue weighted by Crippen LogP contribution is 2.36. The molecule has 1 aliphatic rings. The lowest BCUT2D eigenvalue weighted by Gasteiger charge is -2.32. The van der Waals surface area contributed by atoms with Crippen molar-refractivity contribution in [1.82, 2.24) is 0 Å². The van der Waals surface area contributed by atoms with E-state index in [1.165, 1.54) is 0 Å². The maximum absolute atomic E-state index is 12.0. The third-order valence-corrected chi connectivity index (χ3v) is 4.47. The number of hydrogen-bond acceptors (Lipinski definition) is 4. The van der Waals surface area contributed by atoms with E-state index in [-0.39, 0.29) is 12.4 Å². The molecule has 0 unspecified atom stereocenters. The molecule has 4 nitrogen and oxygen atoms in total. The zero-order valence-electron chi connectivity index (χ0n) is 15.0. The van der Waals surface area contributed by atoms with Crippen molar-refractivity contribution in [2.75, 3.05) is 6.61 Å². The van der Waals surface area contributed by atoms with Crippen molar-refractivity contribution in [2.45, 2.75) is 59.2 Å². The Bertz CT molecular complexity index is 550. The summed E-state index contributed by atoms with van der Waals surface area (Å²) in [4.78, 5) is 12.0. The van der Waals surface area contributed by atoms with Crippen LogP contribution in [0.1, 0.15) is 47.1 Å². The van der Waals surface area contributed by atoms with Crippen LogP contribution in [0, 0.1) is 5.92 Å². The average Bonchev–Trinajstić information content (AvgIpc) is 2.65. The van der Waals surface area contributed by atoms with Gasteiger partial charge in [-0.1, -0.05) is 38.1 Å². The first kappa shape index (κ1) is 18.0. The van der Waals surface area contributed by atoms with Crippen LogP contribution in [0.15, 0.2) is 24.3 Å². The van der Waals surface area contributed by atoms with Gasteiger partial charge in [0.25, 0.3) is 0 Å². The Morgan fingerprint density at radius 3 is 2.26 bits per heavy atom. The highest BCUT2D eigenvalue weighted by Gasteiger charge is 2.52. The Morgan fingerprint density at radius 1 is 1.13 bits per heavy atom. The number of hydrogen-bond donors (Lipinski definition) is 0. The molecule has 0 amide bonds. The van der Waals surface area contributed by atoms with Crippen LogP contribution in [-0.4, -0.2) is 30.9 Å². The first-order valence-corrected chi connectivity index (χ1v) is 8.21. The molecule has 1 aromatic rings. The Labute approximate surface area is 139 Å². The SMILES string of the molecule is CC(C)COC(=O)Cc1ccccc1B1OC(C)(C)C(C)(C)O1. The zero-order chi connectivity index (χ0) is 17.3. The van der Waals surface area contributed by atoms with Gasteiger partial charge in [0.15, 0.2) is 0 Å². The van der Waals surface area contributed by atoms with Crippen molar-refractivity contribution >= 4 is 18.6 Å². The van der Waals surface area contributed by atoms with Crippen LogP contribution in [0.4, 0.5) is 0 Å². The van der Waals surface area contributed by atoms with Gasteiger partial charge in [0.05, 0.1) is 24.2 Å². The highest BCUT2D eigenvalue weighted by molar-refractivity contribution is 6.62. The predicted molar refractivity (Wildman–Crippen MR) is 91.7 cm³/mol. The monoisotopic (exact) mass is 318 g/mol. The standard InChI is InChI=1S/C18H27BO4/c1-13(2)12-21-16(20)11-14-9-7-8-10-15(14)19-22-17(3,4)18(5,6)23-19/h7-10,13H,11-12H2,1-6H3. The summed E-state index contributed by atoms with van der Waals surface area (Å²) in [6.07, 6.45) is 0.229. The van der Waals surface area contributed by atoms with E-state index in [2.05, 4.69) is 0 Å². The Morgan fingerprint density at radius 2 is 1.70 bits per heavy atom. The number of carbonyl (C=O) groups is 1. The molecule has 0 atom stereocenters. The molecule has 0 radical (unpaired) electrons. The van der Waals surface area contributed by atoms with Crippen molar-refractivity contribution in [3.05, 3.63) is 29.8 Å². The molecule has 0 aromatic heterocycles. The molecule has 0 bridgehead atoms. The molecule has 1 saturated heterocycles. The molecular formula is C18H27BO4. The van der Waals surface area contributed by atoms with Crippen molar-refractivity contribution in [3.8, 4) is 0 Å². The van der Waals surface area contributed by atoms with Crippen LogP contribution in [0.3, 0.4) is 0 Å². The van der Waals surface area contributed by atoms with Gasteiger partial charge in [-0.15, -0.1) is 0 Å². The molecule has 23 heavy (non-hydrogen) atoms. The first-order chi connectivity index (χ1) is 10.6. The maximum atomic E-state index is 12.0. The fraction of sp³-hybridized carbons (Fsp3) is 0.611. The Hall–Kier alpha value is -1.33. The van der Waals surface area contributed by atoms with Gasteiger partial charge in [0.1, 0.15) is 0 Å². The first-order valence-electron chi connectivity index (χ1n) is 8.21. The van der Waals surface area contributed by atoms with E-state index in [1.54, 1.807) is 0 Å². The van der Waals surface area contributed by atoms with Gasteiger partial charge in [-0.3, -0.25) is 4.79 Å². The summed E-state index contributed by atoms with van der Waals surface area (Å²) in [5.41, 5.74) is 0.985. The second kappa shape index (κ2) is 6.66. The third-order valence-electron chi connectivity index (χ3n) is 4.47. The molecule has 1 aliphatic heterocycles. The third kappa shape index (κ3) is 4.15. The summed E-state index contributed by atoms with van der Waals surface area (Å²) < 4.78 is 17.5. The molecule has 2 rings (SSSR count). The minimum Gasteiger partial charge on any atom is -0.465 e. The van der Waals surface area contributed by atoms with Crippen LogP contribution in [0.25, 0.3) is 0 Å². The van der Waals surface area contributed by atoms with Crippen LogP contribution < -0.4 is 5.46 Å². The van der Waals surface area contributed by atoms with Crippen LogP contribution in [-0.2, 0) is 25.3 Å². The quantitative estimate of drug-likeness (QED) is 0.618. The number of rotatable bonds is 5. The minimum atomic E-state index is -0.464. The largest absolute Gasteiger partial charge is 0.495 e. The molecule has 5 heteroatoms. The number of benzene rings is 1. The summed E-state index contributed by atoms with van der Waals surface area (Å²) >= 11 is 0. The molecule has 0 saturated carbocycles. The predicted octanol–water partition coefficient (Wildman–Crippen LogP) is 2.73. The molecule has 1 aromatic carbocycles. The normalized spacial score (nSPS) is 19.2. The van der Waals surface area contributed by atoms with Gasteiger partial charge in [-0.25, -0.2) is 0 Å². The van der Waals surface area contributed by atoms with Gasteiger partial charge < -0.3 is 14.0 Å². The fourth-order valence-electron chi connectivity index (χ4n) is 2.36. The lowest BCUT2D eigenvalue weighted by atomic mass is 9.75. The number of carbonyl (C=O) groups excluding carboxylic acids is 1. The van der Waals surface area contributed by atoms with E-state index in [0.29, 0.717) is 12.5 Å². The summed E-state index contributed by atoms with van der Waals surface area (Å²) in [6.45, 7) is 12.6. The molecular weight excluding hydrogens is 291 g/mol. The Balaban J connectivity index is 2.14. The summed E-state index contributed by atoms with van der Waals surface area (Å²) in [7, 11) is -0.464. The lowest BCUT2D eigenvalue weighted by Crippen LogP contribution is -2.41. The highest BCUT2D eigenvalue weighted by atomic mass is 16.7. The van der Waals surface area contributed by atoms with Gasteiger partial charge in [0.2, 0.25) is 0 Å². The summed E-state index contributed by atoms with van der Waals surface area (Å²) in [6, 6.07) is 7.73. The van der Waals surface area contributed by atoms with E-state index < -0.39 is 18.3 Å². The van der Waals surface area contributed by atoms with E-state index in [0.717, 1.165) is 11.0 Å². The van der Waals surface area contributed by atoms with Crippen LogP contribution in [0.5, 0.6) is 0 Å². The summed E-state index contributed by atoms with van der Waals surface area (Å²) in [5, 5.41) is 0. The molecule has 1 heterocycles. The van der Waals surface area contributed by atoms with Crippen molar-refractivity contribution in [1.29, 1.82) is 0 Å². The number of esters is 1. The molecule has 1 fully saturated rings. The van der Waals surface area contributed by atoms with Crippen LogP contribution in [0.2, 0.25) is 0 Å². The van der Waals surface area contributed by atoms with Crippen molar-refractivity contribution in [2.24, 2.45) is 5.92 Å². The van der Waals surface area contributed by atoms with E-state index in [4.69, 9.17) is 14.0 Å². The molecule has 0 spiro atoms. The van der Waals surface area contributed by atoms with E-state index >= 15 is 0 Å². The summed E-state index contributed by atoms with van der Waals surface area (Å²) in [5.74, 6) is 0.111. The smallest absolute Gasteiger partial charge is 0.465 e.